The first-order chi connectivity index (χ1) is 14.2. The van der Waals surface area contributed by atoms with E-state index in [1.807, 2.05) is 42.1 Å². The third-order valence-corrected chi connectivity index (χ3v) is 7.22. The summed E-state index contributed by atoms with van der Waals surface area (Å²) in [5.41, 5.74) is 3.03. The Hall–Kier alpha value is -2.04. The lowest BCUT2D eigenvalue weighted by Crippen LogP contribution is -2.38. The van der Waals surface area contributed by atoms with E-state index in [1.165, 1.54) is 4.90 Å². The molecule has 158 valence electrons. The van der Waals surface area contributed by atoms with E-state index in [1.54, 1.807) is 0 Å². The maximum absolute atomic E-state index is 13.4. The second-order valence-corrected chi connectivity index (χ2v) is 10.4. The Bertz CT molecular complexity index is 1090. The minimum absolute atomic E-state index is 0.0756. The fourth-order valence-corrected chi connectivity index (χ4v) is 5.58. The van der Waals surface area contributed by atoms with Crippen LogP contribution in [0.1, 0.15) is 68.8 Å². The van der Waals surface area contributed by atoms with Crippen LogP contribution in [0, 0.1) is 0 Å². The van der Waals surface area contributed by atoms with Gasteiger partial charge in [0.25, 0.3) is 0 Å². The SMILES string of the molecule is CC(C)N(CCSc1ccc2c(c1)C(C)(C)c1oc3ccccc3c1C2=O)C(C)C. The fourth-order valence-electron chi connectivity index (χ4n) is 4.68. The quantitative estimate of drug-likeness (QED) is 0.425. The van der Waals surface area contributed by atoms with Crippen molar-refractivity contribution in [1.29, 1.82) is 0 Å². The Morgan fingerprint density at radius 3 is 2.43 bits per heavy atom. The van der Waals surface area contributed by atoms with Crippen molar-refractivity contribution < 1.29 is 9.21 Å². The molecule has 0 spiro atoms. The summed E-state index contributed by atoms with van der Waals surface area (Å²) < 4.78 is 6.20. The summed E-state index contributed by atoms with van der Waals surface area (Å²) in [7, 11) is 0. The molecule has 4 rings (SSSR count). The zero-order chi connectivity index (χ0) is 21.6. The number of thioether (sulfide) groups is 1. The number of hydrogen-bond donors (Lipinski definition) is 0. The molecule has 0 saturated carbocycles. The molecule has 1 heterocycles. The normalized spacial score (nSPS) is 15.3. The van der Waals surface area contributed by atoms with Gasteiger partial charge >= 0.3 is 0 Å². The lowest BCUT2D eigenvalue weighted by atomic mass is 9.72. The number of hydrogen-bond acceptors (Lipinski definition) is 4. The standard InChI is InChI=1S/C26H31NO2S/c1-16(2)27(17(3)4)13-14-30-18-11-12-19-21(15-18)26(5,6)25-23(24(19)28)20-9-7-8-10-22(20)29-25/h7-12,15-17H,13-14H2,1-6H3. The molecule has 0 fully saturated rings. The van der Waals surface area contributed by atoms with E-state index in [0.29, 0.717) is 12.1 Å². The van der Waals surface area contributed by atoms with E-state index in [9.17, 15) is 4.79 Å². The lowest BCUT2D eigenvalue weighted by molar-refractivity contribution is 0.102. The first kappa shape index (κ1) is 21.2. The van der Waals surface area contributed by atoms with Crippen LogP contribution in [0.3, 0.4) is 0 Å². The molecule has 0 saturated heterocycles. The number of carbonyl (C=O) groups excluding carboxylic acids is 1. The van der Waals surface area contributed by atoms with Crippen LogP contribution in [0.15, 0.2) is 51.8 Å². The van der Waals surface area contributed by atoms with Crippen LogP contribution in [0.25, 0.3) is 11.0 Å². The van der Waals surface area contributed by atoms with E-state index in [0.717, 1.165) is 45.7 Å². The molecule has 0 bridgehead atoms. The van der Waals surface area contributed by atoms with Crippen molar-refractivity contribution in [1.82, 2.24) is 4.90 Å². The Morgan fingerprint density at radius 1 is 1.03 bits per heavy atom. The minimum Gasteiger partial charge on any atom is -0.459 e. The summed E-state index contributed by atoms with van der Waals surface area (Å²) in [6.07, 6.45) is 0. The van der Waals surface area contributed by atoms with Crippen molar-refractivity contribution in [2.75, 3.05) is 12.3 Å². The summed E-state index contributed by atoms with van der Waals surface area (Å²) in [6, 6.07) is 15.2. The third kappa shape index (κ3) is 3.50. The average Bonchev–Trinajstić information content (AvgIpc) is 3.10. The first-order valence-corrected chi connectivity index (χ1v) is 11.8. The van der Waals surface area contributed by atoms with Crippen molar-refractivity contribution in [3.63, 3.8) is 0 Å². The van der Waals surface area contributed by atoms with Gasteiger partial charge in [0.15, 0.2) is 5.78 Å². The van der Waals surface area contributed by atoms with Gasteiger partial charge in [-0.15, -0.1) is 11.8 Å². The number of furan rings is 1. The zero-order valence-corrected chi connectivity index (χ0v) is 19.6. The largest absolute Gasteiger partial charge is 0.459 e. The second kappa shape index (κ2) is 7.90. The van der Waals surface area contributed by atoms with Gasteiger partial charge in [-0.05, 0) is 71.4 Å². The zero-order valence-electron chi connectivity index (χ0n) is 18.8. The summed E-state index contributed by atoms with van der Waals surface area (Å²) >= 11 is 1.86. The van der Waals surface area contributed by atoms with E-state index < -0.39 is 0 Å². The first-order valence-electron chi connectivity index (χ1n) is 10.8. The predicted octanol–water partition coefficient (Wildman–Crippen LogP) is 6.51. The maximum atomic E-state index is 13.4. The van der Waals surface area contributed by atoms with E-state index in [4.69, 9.17) is 4.42 Å². The molecule has 1 aliphatic rings. The van der Waals surface area contributed by atoms with Gasteiger partial charge < -0.3 is 4.42 Å². The van der Waals surface area contributed by atoms with Gasteiger partial charge in [0, 0.05) is 45.6 Å². The van der Waals surface area contributed by atoms with Crippen molar-refractivity contribution >= 4 is 28.5 Å². The minimum atomic E-state index is -0.351. The van der Waals surface area contributed by atoms with E-state index in [2.05, 4.69) is 58.6 Å². The van der Waals surface area contributed by atoms with Gasteiger partial charge in [0.2, 0.25) is 0 Å². The highest BCUT2D eigenvalue weighted by Crippen LogP contribution is 2.46. The van der Waals surface area contributed by atoms with Crippen LogP contribution < -0.4 is 0 Å². The van der Waals surface area contributed by atoms with Gasteiger partial charge in [-0.1, -0.05) is 18.2 Å². The van der Waals surface area contributed by atoms with Crippen molar-refractivity contribution in [2.24, 2.45) is 0 Å². The highest BCUT2D eigenvalue weighted by atomic mass is 32.2. The predicted molar refractivity (Wildman–Crippen MR) is 126 cm³/mol. The maximum Gasteiger partial charge on any atom is 0.197 e. The number of rotatable bonds is 6. The van der Waals surface area contributed by atoms with Crippen molar-refractivity contribution in [2.45, 2.75) is 63.9 Å². The lowest BCUT2D eigenvalue weighted by Gasteiger charge is -2.31. The number of fused-ring (bicyclic) bond motifs is 4. The third-order valence-electron chi connectivity index (χ3n) is 6.24. The molecule has 0 amide bonds. The number of carbonyl (C=O) groups is 1. The van der Waals surface area contributed by atoms with Gasteiger partial charge in [-0.2, -0.15) is 0 Å². The number of benzene rings is 2. The summed E-state index contributed by atoms with van der Waals surface area (Å²) in [4.78, 5) is 17.1. The molecule has 1 aliphatic carbocycles. The molecule has 4 heteroatoms. The molecule has 3 aromatic rings. The van der Waals surface area contributed by atoms with Gasteiger partial charge in [0.05, 0.1) is 5.56 Å². The smallest absolute Gasteiger partial charge is 0.197 e. The number of ketones is 1. The molecule has 2 aromatic carbocycles. The van der Waals surface area contributed by atoms with Crippen molar-refractivity contribution in [3.05, 3.63) is 64.9 Å². The fraction of sp³-hybridized carbons (Fsp3) is 0.423. The monoisotopic (exact) mass is 421 g/mol. The summed E-state index contributed by atoms with van der Waals surface area (Å²) in [5, 5.41) is 0.914. The molecule has 1 aromatic heterocycles. The van der Waals surface area contributed by atoms with Crippen LogP contribution >= 0.6 is 11.8 Å². The van der Waals surface area contributed by atoms with Crippen LogP contribution in [-0.4, -0.2) is 35.1 Å². The molecule has 3 nitrogen and oxygen atoms in total. The highest BCUT2D eigenvalue weighted by Gasteiger charge is 2.41. The molecule has 0 radical (unpaired) electrons. The van der Waals surface area contributed by atoms with E-state index >= 15 is 0 Å². The van der Waals surface area contributed by atoms with Crippen LogP contribution in [0.2, 0.25) is 0 Å². The average molecular weight is 422 g/mol. The summed E-state index contributed by atoms with van der Waals surface area (Å²) in [5.74, 6) is 1.89. The number of para-hydroxylation sites is 1. The van der Waals surface area contributed by atoms with Crippen LogP contribution in [0.4, 0.5) is 0 Å². The molecular weight excluding hydrogens is 390 g/mol. The van der Waals surface area contributed by atoms with Crippen LogP contribution in [0.5, 0.6) is 0 Å². The number of nitrogens with zero attached hydrogens (tertiary/aromatic N) is 1. The topological polar surface area (TPSA) is 33.5 Å². The van der Waals surface area contributed by atoms with E-state index in [-0.39, 0.29) is 11.2 Å². The molecule has 0 aliphatic heterocycles. The van der Waals surface area contributed by atoms with Gasteiger partial charge in [0.1, 0.15) is 11.3 Å². The Labute approximate surface area is 183 Å². The second-order valence-electron chi connectivity index (χ2n) is 9.24. The molecule has 0 N–H and O–H groups in total. The highest BCUT2D eigenvalue weighted by molar-refractivity contribution is 7.99. The van der Waals surface area contributed by atoms with Gasteiger partial charge in [-0.3, -0.25) is 9.69 Å². The molecule has 0 unspecified atom stereocenters. The molecular formula is C26H31NO2S. The Morgan fingerprint density at radius 2 is 1.73 bits per heavy atom. The molecule has 30 heavy (non-hydrogen) atoms. The summed E-state index contributed by atoms with van der Waals surface area (Å²) in [6.45, 7) is 14.4. The Balaban J connectivity index is 1.64. The molecule has 0 atom stereocenters. The van der Waals surface area contributed by atoms with Crippen LogP contribution in [-0.2, 0) is 5.41 Å². The Kier molecular flexibility index (Phi) is 5.58. The van der Waals surface area contributed by atoms with Crippen molar-refractivity contribution in [3.8, 4) is 0 Å². The van der Waals surface area contributed by atoms with Gasteiger partial charge in [-0.25, -0.2) is 0 Å².